The van der Waals surface area contributed by atoms with Crippen LogP contribution in [0.1, 0.15) is 46.5 Å². The van der Waals surface area contributed by atoms with E-state index in [0.29, 0.717) is 12.8 Å². The fourth-order valence-electron chi connectivity index (χ4n) is 1.92. The van der Waals surface area contributed by atoms with E-state index in [1.54, 1.807) is 6.92 Å². The fraction of sp³-hybridized carbons (Fsp3) is 0.909. The maximum Gasteiger partial charge on any atom is 0.323 e. The number of aliphatic hydroxyl groups is 1. The Bertz CT molecular complexity index is 188. The minimum Gasteiger partial charge on any atom is -0.480 e. The lowest BCUT2D eigenvalue weighted by Crippen LogP contribution is -2.56. The highest BCUT2D eigenvalue weighted by atomic mass is 16.4. The van der Waals surface area contributed by atoms with Gasteiger partial charge in [-0.2, -0.15) is 0 Å². The molecule has 0 spiro atoms. The van der Waals surface area contributed by atoms with E-state index in [4.69, 9.17) is 5.11 Å². The Balaban J connectivity index is 4.68. The number of hydrogen-bond acceptors (Lipinski definition) is 3. The first kappa shape index (κ1) is 14.4. The third-order valence-electron chi connectivity index (χ3n) is 2.56. The molecular formula is C11H23NO3. The van der Waals surface area contributed by atoms with Crippen molar-refractivity contribution in [1.82, 2.24) is 5.32 Å². The SMILES string of the molecule is CCCC(CCC)(NC(C)CO)C(=O)O. The summed E-state index contributed by atoms with van der Waals surface area (Å²) in [4.78, 5) is 11.3. The van der Waals surface area contributed by atoms with Gasteiger partial charge in [0.25, 0.3) is 0 Å². The predicted molar refractivity (Wildman–Crippen MR) is 59.9 cm³/mol. The number of rotatable bonds is 8. The zero-order valence-corrected chi connectivity index (χ0v) is 9.92. The van der Waals surface area contributed by atoms with Crippen molar-refractivity contribution in [2.75, 3.05) is 6.61 Å². The minimum absolute atomic E-state index is 0.0392. The summed E-state index contributed by atoms with van der Waals surface area (Å²) in [6.45, 7) is 5.70. The average Bonchev–Trinajstić information content (AvgIpc) is 2.18. The van der Waals surface area contributed by atoms with Crippen LogP contribution < -0.4 is 5.32 Å². The highest BCUT2D eigenvalue weighted by Gasteiger charge is 2.37. The quantitative estimate of drug-likeness (QED) is 0.574. The van der Waals surface area contributed by atoms with Gasteiger partial charge in [-0.3, -0.25) is 10.1 Å². The van der Waals surface area contributed by atoms with Crippen molar-refractivity contribution in [2.24, 2.45) is 0 Å². The standard InChI is InChI=1S/C11H23NO3/c1-4-6-11(7-5-2,10(14)15)12-9(3)8-13/h9,12-13H,4-8H2,1-3H3,(H,14,15). The van der Waals surface area contributed by atoms with Crippen molar-refractivity contribution in [1.29, 1.82) is 0 Å². The molecule has 4 nitrogen and oxygen atoms in total. The molecule has 3 N–H and O–H groups in total. The van der Waals surface area contributed by atoms with E-state index in [9.17, 15) is 9.90 Å². The topological polar surface area (TPSA) is 69.6 Å². The molecule has 0 aliphatic rings. The molecule has 0 aliphatic heterocycles. The molecule has 1 atom stereocenters. The molecule has 0 rings (SSSR count). The van der Waals surface area contributed by atoms with Crippen LogP contribution in [0.5, 0.6) is 0 Å². The Morgan fingerprint density at radius 3 is 2.07 bits per heavy atom. The van der Waals surface area contributed by atoms with E-state index in [1.165, 1.54) is 0 Å². The fourth-order valence-corrected chi connectivity index (χ4v) is 1.92. The summed E-state index contributed by atoms with van der Waals surface area (Å²) in [7, 11) is 0. The second kappa shape index (κ2) is 6.80. The molecule has 0 fully saturated rings. The lowest BCUT2D eigenvalue weighted by molar-refractivity contribution is -0.146. The smallest absolute Gasteiger partial charge is 0.323 e. The Morgan fingerprint density at radius 2 is 1.80 bits per heavy atom. The Hall–Kier alpha value is -0.610. The number of aliphatic hydroxyl groups excluding tert-OH is 1. The van der Waals surface area contributed by atoms with Gasteiger partial charge < -0.3 is 10.2 Å². The van der Waals surface area contributed by atoms with Crippen LogP contribution in [0.2, 0.25) is 0 Å². The van der Waals surface area contributed by atoms with Crippen molar-refractivity contribution in [2.45, 2.75) is 58.0 Å². The van der Waals surface area contributed by atoms with Crippen LogP contribution in [-0.4, -0.2) is 34.4 Å². The molecule has 0 bridgehead atoms. The van der Waals surface area contributed by atoms with Gasteiger partial charge in [-0.05, 0) is 19.8 Å². The van der Waals surface area contributed by atoms with Gasteiger partial charge in [0.1, 0.15) is 5.54 Å². The monoisotopic (exact) mass is 217 g/mol. The van der Waals surface area contributed by atoms with E-state index in [-0.39, 0.29) is 12.6 Å². The summed E-state index contributed by atoms with van der Waals surface area (Å²) in [6, 6.07) is -0.181. The molecular weight excluding hydrogens is 194 g/mol. The second-order valence-corrected chi connectivity index (χ2v) is 4.12. The summed E-state index contributed by atoms with van der Waals surface area (Å²) in [5.74, 6) is -0.813. The minimum atomic E-state index is -0.869. The molecule has 0 radical (unpaired) electrons. The first-order chi connectivity index (χ1) is 7.02. The molecule has 0 aromatic carbocycles. The molecule has 15 heavy (non-hydrogen) atoms. The first-order valence-electron chi connectivity index (χ1n) is 5.64. The summed E-state index contributed by atoms with van der Waals surface area (Å²) in [5, 5.41) is 21.3. The molecule has 0 amide bonds. The largest absolute Gasteiger partial charge is 0.480 e. The maximum atomic E-state index is 11.3. The van der Waals surface area contributed by atoms with Crippen LogP contribution in [0.25, 0.3) is 0 Å². The summed E-state index contributed by atoms with van der Waals surface area (Å²) in [6.07, 6.45) is 2.83. The molecule has 0 aromatic rings. The van der Waals surface area contributed by atoms with Gasteiger partial charge in [0.05, 0.1) is 6.61 Å². The van der Waals surface area contributed by atoms with Crippen molar-refractivity contribution in [3.63, 3.8) is 0 Å². The number of aliphatic carboxylic acids is 1. The third-order valence-corrected chi connectivity index (χ3v) is 2.56. The molecule has 1 unspecified atom stereocenters. The molecule has 0 aromatic heterocycles. The van der Waals surface area contributed by atoms with E-state index in [0.717, 1.165) is 12.8 Å². The molecule has 0 saturated carbocycles. The second-order valence-electron chi connectivity index (χ2n) is 4.12. The average molecular weight is 217 g/mol. The zero-order chi connectivity index (χ0) is 11.9. The van der Waals surface area contributed by atoms with Gasteiger partial charge in [0.2, 0.25) is 0 Å². The summed E-state index contributed by atoms with van der Waals surface area (Å²) in [5.41, 5.74) is -0.869. The van der Waals surface area contributed by atoms with Gasteiger partial charge in [-0.15, -0.1) is 0 Å². The van der Waals surface area contributed by atoms with Crippen molar-refractivity contribution in [3.05, 3.63) is 0 Å². The zero-order valence-electron chi connectivity index (χ0n) is 9.92. The van der Waals surface area contributed by atoms with Crippen LogP contribution in [0, 0.1) is 0 Å². The van der Waals surface area contributed by atoms with Gasteiger partial charge in [0.15, 0.2) is 0 Å². The van der Waals surface area contributed by atoms with Crippen LogP contribution in [0.15, 0.2) is 0 Å². The highest BCUT2D eigenvalue weighted by Crippen LogP contribution is 2.21. The molecule has 0 aliphatic carbocycles. The Kier molecular flexibility index (Phi) is 6.52. The highest BCUT2D eigenvalue weighted by molar-refractivity contribution is 5.78. The predicted octanol–water partition coefficient (Wildman–Crippen LogP) is 1.38. The van der Waals surface area contributed by atoms with Crippen LogP contribution in [0.4, 0.5) is 0 Å². The van der Waals surface area contributed by atoms with Crippen molar-refractivity contribution in [3.8, 4) is 0 Å². The molecule has 0 saturated heterocycles. The van der Waals surface area contributed by atoms with E-state index in [2.05, 4.69) is 5.32 Å². The van der Waals surface area contributed by atoms with Gasteiger partial charge >= 0.3 is 5.97 Å². The number of carbonyl (C=O) groups is 1. The lowest BCUT2D eigenvalue weighted by atomic mass is 9.88. The number of nitrogens with one attached hydrogen (secondary N) is 1. The normalized spacial score (nSPS) is 13.9. The lowest BCUT2D eigenvalue weighted by Gasteiger charge is -2.32. The van der Waals surface area contributed by atoms with Crippen LogP contribution in [-0.2, 0) is 4.79 Å². The number of carboxylic acids is 1. The van der Waals surface area contributed by atoms with Crippen molar-refractivity contribution >= 4 is 5.97 Å². The van der Waals surface area contributed by atoms with Crippen LogP contribution in [0.3, 0.4) is 0 Å². The van der Waals surface area contributed by atoms with Crippen molar-refractivity contribution < 1.29 is 15.0 Å². The van der Waals surface area contributed by atoms with Gasteiger partial charge in [-0.1, -0.05) is 26.7 Å². The maximum absolute atomic E-state index is 11.3. The summed E-state index contributed by atoms with van der Waals surface area (Å²) < 4.78 is 0. The molecule has 4 heteroatoms. The Morgan fingerprint density at radius 1 is 1.33 bits per heavy atom. The first-order valence-corrected chi connectivity index (χ1v) is 5.64. The van der Waals surface area contributed by atoms with Crippen LogP contribution >= 0.6 is 0 Å². The van der Waals surface area contributed by atoms with Gasteiger partial charge in [-0.25, -0.2) is 0 Å². The van der Waals surface area contributed by atoms with Gasteiger partial charge in [0, 0.05) is 6.04 Å². The van der Waals surface area contributed by atoms with E-state index in [1.807, 2.05) is 13.8 Å². The number of hydrogen-bond donors (Lipinski definition) is 3. The summed E-state index contributed by atoms with van der Waals surface area (Å²) >= 11 is 0. The molecule has 90 valence electrons. The third kappa shape index (κ3) is 4.18. The van der Waals surface area contributed by atoms with E-state index < -0.39 is 11.5 Å². The number of carboxylic acid groups (broad SMARTS) is 1. The van der Waals surface area contributed by atoms with E-state index >= 15 is 0 Å². The Labute approximate surface area is 91.7 Å². The molecule has 0 heterocycles.